The second kappa shape index (κ2) is 8.96. The Hall–Kier alpha value is -2.75. The third-order valence-corrected chi connectivity index (χ3v) is 4.06. The molecular weight excluding hydrogens is 437 g/mol. The van der Waals surface area contributed by atoms with Crippen molar-refractivity contribution in [3.63, 3.8) is 0 Å². The van der Waals surface area contributed by atoms with Gasteiger partial charge in [-0.2, -0.15) is 0 Å². The van der Waals surface area contributed by atoms with E-state index < -0.39 is 33.9 Å². The lowest BCUT2D eigenvalue weighted by Crippen LogP contribution is -2.35. The number of nitro groups is 1. The lowest BCUT2D eigenvalue weighted by molar-refractivity contribution is -0.385. The molecule has 0 spiro atoms. The molecule has 0 aliphatic carbocycles. The van der Waals surface area contributed by atoms with Gasteiger partial charge in [-0.25, -0.2) is 4.79 Å². The number of amides is 3. The predicted octanol–water partition coefficient (Wildman–Crippen LogP) is 4.53. The van der Waals surface area contributed by atoms with Crippen LogP contribution in [-0.2, 0) is 0 Å². The zero-order valence-electron chi connectivity index (χ0n) is 14.3. The third kappa shape index (κ3) is 4.75. The first-order valence-corrected chi connectivity index (χ1v) is 8.48. The highest BCUT2D eigenvalue weighted by atomic mass is 35.5. The Morgan fingerprint density at radius 2 is 1.57 bits per heavy atom. The smallest absolute Gasteiger partial charge is 0.326 e. The minimum Gasteiger partial charge on any atom is -0.494 e. The summed E-state index contributed by atoms with van der Waals surface area (Å²) in [4.78, 5) is 35.2. The Bertz CT molecular complexity index is 947. The molecule has 0 aromatic heterocycles. The molecule has 12 heteroatoms. The average Bonchev–Trinajstić information content (AvgIpc) is 2.59. The number of nitrogens with zero attached hydrogens (tertiary/aromatic N) is 1. The van der Waals surface area contributed by atoms with Crippen LogP contribution in [0.1, 0.15) is 10.4 Å². The number of carbonyl (C=O) groups excluding carboxylic acids is 2. The van der Waals surface area contributed by atoms with E-state index in [4.69, 9.17) is 44.3 Å². The van der Waals surface area contributed by atoms with Crippen molar-refractivity contribution >= 4 is 58.1 Å². The van der Waals surface area contributed by atoms with Crippen molar-refractivity contribution in [3.05, 3.63) is 55.0 Å². The van der Waals surface area contributed by atoms with Gasteiger partial charge in [-0.1, -0.05) is 34.8 Å². The quantitative estimate of drug-likeness (QED) is 0.512. The van der Waals surface area contributed by atoms with Crippen LogP contribution < -0.4 is 20.1 Å². The molecule has 148 valence electrons. The minimum absolute atomic E-state index is 0.194. The first kappa shape index (κ1) is 21.5. The molecule has 0 bridgehead atoms. The van der Waals surface area contributed by atoms with Gasteiger partial charge in [0.05, 0.1) is 24.2 Å². The highest BCUT2D eigenvalue weighted by Gasteiger charge is 2.31. The highest BCUT2D eigenvalue weighted by molar-refractivity contribution is 6.35. The van der Waals surface area contributed by atoms with Crippen LogP contribution in [0.25, 0.3) is 0 Å². The SMILES string of the molecule is COc1c(Cl)cc([N+](=O)[O-])c(OC)c1C(=O)NC(=O)Nc1cc(Cl)cc(Cl)c1. The highest BCUT2D eigenvalue weighted by Crippen LogP contribution is 2.42. The van der Waals surface area contributed by atoms with Gasteiger partial charge in [0.15, 0.2) is 5.75 Å². The van der Waals surface area contributed by atoms with Crippen LogP contribution in [0.5, 0.6) is 11.5 Å². The number of methoxy groups -OCH3 is 2. The van der Waals surface area contributed by atoms with E-state index in [0.717, 1.165) is 13.2 Å². The maximum atomic E-state index is 12.6. The number of carbonyl (C=O) groups is 2. The third-order valence-electron chi connectivity index (χ3n) is 3.35. The maximum Gasteiger partial charge on any atom is 0.326 e. The lowest BCUT2D eigenvalue weighted by atomic mass is 10.1. The Kier molecular flexibility index (Phi) is 6.90. The Labute approximate surface area is 173 Å². The summed E-state index contributed by atoms with van der Waals surface area (Å²) in [5, 5.41) is 15.9. The molecule has 2 rings (SSSR count). The molecule has 0 aliphatic rings. The largest absolute Gasteiger partial charge is 0.494 e. The number of hydrogen-bond acceptors (Lipinski definition) is 6. The summed E-state index contributed by atoms with van der Waals surface area (Å²) in [6.07, 6.45) is 0. The Morgan fingerprint density at radius 1 is 1.00 bits per heavy atom. The zero-order valence-corrected chi connectivity index (χ0v) is 16.6. The number of nitrogens with one attached hydrogen (secondary N) is 2. The van der Waals surface area contributed by atoms with Gasteiger partial charge >= 0.3 is 11.7 Å². The van der Waals surface area contributed by atoms with Gasteiger partial charge in [0.25, 0.3) is 5.91 Å². The van der Waals surface area contributed by atoms with Crippen LogP contribution in [0.2, 0.25) is 15.1 Å². The van der Waals surface area contributed by atoms with Crippen LogP contribution in [0.4, 0.5) is 16.2 Å². The number of hydrogen-bond donors (Lipinski definition) is 2. The second-order valence-corrected chi connectivity index (χ2v) is 6.42. The number of halogens is 3. The van der Waals surface area contributed by atoms with Crippen molar-refractivity contribution in [1.29, 1.82) is 0 Å². The fourth-order valence-electron chi connectivity index (χ4n) is 2.30. The molecule has 0 saturated carbocycles. The first-order valence-electron chi connectivity index (χ1n) is 7.35. The fraction of sp³-hybridized carbons (Fsp3) is 0.125. The van der Waals surface area contributed by atoms with Gasteiger partial charge in [0.1, 0.15) is 5.56 Å². The monoisotopic (exact) mass is 447 g/mol. The average molecular weight is 449 g/mol. The van der Waals surface area contributed by atoms with E-state index in [0.29, 0.717) is 0 Å². The van der Waals surface area contributed by atoms with Gasteiger partial charge in [0.2, 0.25) is 5.75 Å². The van der Waals surface area contributed by atoms with Crippen molar-refractivity contribution in [2.24, 2.45) is 0 Å². The fourth-order valence-corrected chi connectivity index (χ4v) is 3.10. The summed E-state index contributed by atoms with van der Waals surface area (Å²) < 4.78 is 10.0. The number of nitro benzene ring substituents is 1. The molecule has 0 radical (unpaired) electrons. The molecule has 0 atom stereocenters. The summed E-state index contributed by atoms with van der Waals surface area (Å²) in [5.74, 6) is -1.65. The molecule has 2 N–H and O–H groups in total. The molecule has 9 nitrogen and oxygen atoms in total. The molecule has 0 unspecified atom stereocenters. The maximum absolute atomic E-state index is 12.6. The van der Waals surface area contributed by atoms with Crippen molar-refractivity contribution in [2.75, 3.05) is 19.5 Å². The van der Waals surface area contributed by atoms with Crippen LogP contribution in [-0.4, -0.2) is 31.1 Å². The first-order chi connectivity index (χ1) is 13.2. The second-order valence-electron chi connectivity index (χ2n) is 5.14. The summed E-state index contributed by atoms with van der Waals surface area (Å²) in [7, 11) is 2.33. The van der Waals surface area contributed by atoms with Gasteiger partial charge in [0, 0.05) is 21.8 Å². The lowest BCUT2D eigenvalue weighted by Gasteiger charge is -2.14. The predicted molar refractivity (Wildman–Crippen MR) is 104 cm³/mol. The van der Waals surface area contributed by atoms with E-state index in [2.05, 4.69) is 5.32 Å². The van der Waals surface area contributed by atoms with Crippen molar-refractivity contribution in [2.45, 2.75) is 0 Å². The number of ether oxygens (including phenoxy) is 2. The van der Waals surface area contributed by atoms with E-state index in [1.807, 2.05) is 5.32 Å². The summed E-state index contributed by atoms with van der Waals surface area (Å²) in [6, 6.07) is 4.30. The van der Waals surface area contributed by atoms with Crippen molar-refractivity contribution in [1.82, 2.24) is 5.32 Å². The topological polar surface area (TPSA) is 120 Å². The molecule has 2 aromatic carbocycles. The van der Waals surface area contributed by atoms with E-state index in [9.17, 15) is 19.7 Å². The summed E-state index contributed by atoms with van der Waals surface area (Å²) >= 11 is 17.6. The number of rotatable bonds is 5. The van der Waals surface area contributed by atoms with Gasteiger partial charge in [-0.3, -0.25) is 20.2 Å². The Morgan fingerprint density at radius 3 is 2.07 bits per heavy atom. The van der Waals surface area contributed by atoms with Crippen LogP contribution in [0, 0.1) is 10.1 Å². The molecule has 0 saturated heterocycles. The standard InChI is InChI=1S/C16H12Cl3N3O6/c1-27-13-10(19)6-11(22(25)26)14(28-2)12(13)15(23)21-16(24)20-9-4-7(17)3-8(18)5-9/h3-6H,1-2H3,(H2,20,21,23,24). The van der Waals surface area contributed by atoms with E-state index in [-0.39, 0.29) is 26.5 Å². The number of imide groups is 1. The van der Waals surface area contributed by atoms with Crippen LogP contribution in [0.15, 0.2) is 24.3 Å². The van der Waals surface area contributed by atoms with Crippen LogP contribution in [0.3, 0.4) is 0 Å². The van der Waals surface area contributed by atoms with E-state index in [1.165, 1.54) is 25.3 Å². The number of urea groups is 1. The molecule has 0 aliphatic heterocycles. The van der Waals surface area contributed by atoms with Gasteiger partial charge < -0.3 is 14.8 Å². The Balaban J connectivity index is 2.37. The molecule has 0 heterocycles. The van der Waals surface area contributed by atoms with E-state index in [1.54, 1.807) is 0 Å². The zero-order chi connectivity index (χ0) is 21.0. The van der Waals surface area contributed by atoms with Crippen molar-refractivity contribution < 1.29 is 24.0 Å². The molecule has 3 amide bonds. The molecular formula is C16H12Cl3N3O6. The van der Waals surface area contributed by atoms with Gasteiger partial charge in [-0.15, -0.1) is 0 Å². The molecule has 2 aromatic rings. The summed E-state index contributed by atoms with van der Waals surface area (Å²) in [5.41, 5.74) is -0.761. The van der Waals surface area contributed by atoms with Crippen LogP contribution >= 0.6 is 34.8 Å². The van der Waals surface area contributed by atoms with Gasteiger partial charge in [-0.05, 0) is 18.2 Å². The molecule has 0 fully saturated rings. The number of benzene rings is 2. The van der Waals surface area contributed by atoms with Crippen molar-refractivity contribution in [3.8, 4) is 11.5 Å². The molecule has 28 heavy (non-hydrogen) atoms. The number of anilines is 1. The normalized spacial score (nSPS) is 10.2. The summed E-state index contributed by atoms with van der Waals surface area (Å²) in [6.45, 7) is 0. The minimum atomic E-state index is -1.04. The van der Waals surface area contributed by atoms with E-state index >= 15 is 0 Å².